The van der Waals surface area contributed by atoms with Crippen LogP contribution in [0.4, 0.5) is 0 Å². The lowest BCUT2D eigenvalue weighted by atomic mass is 9.74. The number of hydrogen-bond acceptors (Lipinski definition) is 3. The fourth-order valence-corrected chi connectivity index (χ4v) is 4.32. The van der Waals surface area contributed by atoms with E-state index < -0.39 is 0 Å². The molecule has 1 aromatic heterocycles. The van der Waals surface area contributed by atoms with Gasteiger partial charge in [-0.1, -0.05) is 19.3 Å². The normalized spacial score (nSPS) is 27.6. The smallest absolute Gasteiger partial charge is 0.169 e. The molecule has 4 heteroatoms. The van der Waals surface area contributed by atoms with Crippen LogP contribution in [-0.4, -0.2) is 19.3 Å². The fraction of sp³-hybridized carbons (Fsp3) is 0.750. The van der Waals surface area contributed by atoms with E-state index >= 15 is 0 Å². The van der Waals surface area contributed by atoms with Crippen LogP contribution in [0.5, 0.6) is 0 Å². The van der Waals surface area contributed by atoms with E-state index in [4.69, 9.17) is 9.15 Å². The van der Waals surface area contributed by atoms with Gasteiger partial charge in [-0.3, -0.25) is 0 Å². The van der Waals surface area contributed by atoms with Crippen molar-refractivity contribution in [1.29, 1.82) is 0 Å². The minimum atomic E-state index is 0.153. The topological polar surface area (TPSA) is 34.4 Å². The zero-order chi connectivity index (χ0) is 14.0. The van der Waals surface area contributed by atoms with Gasteiger partial charge in [0.2, 0.25) is 0 Å². The van der Waals surface area contributed by atoms with Gasteiger partial charge in [-0.15, -0.1) is 0 Å². The Hall–Kier alpha value is -0.320. The van der Waals surface area contributed by atoms with Gasteiger partial charge in [-0.25, -0.2) is 0 Å². The van der Waals surface area contributed by atoms with Crippen LogP contribution in [0.15, 0.2) is 21.2 Å². The van der Waals surface area contributed by atoms with Crippen molar-refractivity contribution in [2.75, 3.05) is 13.7 Å². The van der Waals surface area contributed by atoms with Crippen molar-refractivity contribution in [2.45, 2.75) is 56.6 Å². The van der Waals surface area contributed by atoms with E-state index in [1.807, 2.05) is 13.1 Å². The maximum absolute atomic E-state index is 6.20. The second kappa shape index (κ2) is 6.20. The second-order valence-electron chi connectivity index (χ2n) is 6.25. The Kier molecular flexibility index (Phi) is 4.53. The Morgan fingerprint density at radius 1 is 1.30 bits per heavy atom. The minimum Gasteiger partial charge on any atom is -0.453 e. The summed E-state index contributed by atoms with van der Waals surface area (Å²) in [7, 11) is 2.03. The summed E-state index contributed by atoms with van der Waals surface area (Å²) in [5, 5.41) is 3.45. The third-order valence-electron chi connectivity index (χ3n) is 4.98. The van der Waals surface area contributed by atoms with Crippen LogP contribution in [0.1, 0.15) is 56.7 Å². The molecule has 2 aliphatic rings. The van der Waals surface area contributed by atoms with Gasteiger partial charge < -0.3 is 14.5 Å². The lowest BCUT2D eigenvalue weighted by molar-refractivity contribution is -0.122. The number of furan rings is 1. The number of hydrogen-bond donors (Lipinski definition) is 1. The Bertz CT molecular complexity index is 434. The summed E-state index contributed by atoms with van der Waals surface area (Å²) in [5.74, 6) is 1.64. The highest BCUT2D eigenvalue weighted by molar-refractivity contribution is 9.10. The Morgan fingerprint density at radius 3 is 2.75 bits per heavy atom. The van der Waals surface area contributed by atoms with Gasteiger partial charge in [0.25, 0.3) is 0 Å². The van der Waals surface area contributed by atoms with E-state index in [9.17, 15) is 0 Å². The molecule has 0 bridgehead atoms. The standard InChI is InChI=1S/C16H24BrNO2/c1-18-15(13-5-6-14(17)20-13)12-7-10-19-16(11-12)8-3-2-4-9-16/h5-6,12,15,18H,2-4,7-11H2,1H3. The van der Waals surface area contributed by atoms with Crippen LogP contribution >= 0.6 is 15.9 Å². The zero-order valence-electron chi connectivity index (χ0n) is 12.2. The molecule has 2 heterocycles. The number of ether oxygens (including phenoxy) is 1. The molecule has 20 heavy (non-hydrogen) atoms. The Labute approximate surface area is 129 Å². The first-order chi connectivity index (χ1) is 9.72. The molecule has 1 saturated carbocycles. The molecule has 112 valence electrons. The fourth-order valence-electron chi connectivity index (χ4n) is 4.00. The maximum atomic E-state index is 6.20. The SMILES string of the molecule is CNC(c1ccc(Br)o1)C1CCOC2(CCCCC2)C1. The van der Waals surface area contributed by atoms with E-state index in [2.05, 4.69) is 27.3 Å². The molecule has 1 saturated heterocycles. The lowest BCUT2D eigenvalue weighted by Crippen LogP contribution is -2.44. The summed E-state index contributed by atoms with van der Waals surface area (Å²) >= 11 is 3.40. The van der Waals surface area contributed by atoms with Crippen molar-refractivity contribution < 1.29 is 9.15 Å². The maximum Gasteiger partial charge on any atom is 0.169 e. The summed E-state index contributed by atoms with van der Waals surface area (Å²) in [5.41, 5.74) is 0.153. The predicted octanol–water partition coefficient (Wildman–Crippen LogP) is 4.43. The Morgan fingerprint density at radius 2 is 2.10 bits per heavy atom. The molecule has 2 fully saturated rings. The highest BCUT2D eigenvalue weighted by Gasteiger charge is 2.41. The van der Waals surface area contributed by atoms with Crippen molar-refractivity contribution in [2.24, 2.45) is 5.92 Å². The predicted molar refractivity (Wildman–Crippen MR) is 82.7 cm³/mol. The average Bonchev–Trinajstić information content (AvgIpc) is 2.87. The van der Waals surface area contributed by atoms with Gasteiger partial charge in [0.15, 0.2) is 4.67 Å². The van der Waals surface area contributed by atoms with E-state index in [0.717, 1.165) is 29.9 Å². The highest BCUT2D eigenvalue weighted by Crippen LogP contribution is 2.44. The quantitative estimate of drug-likeness (QED) is 0.882. The van der Waals surface area contributed by atoms with Crippen LogP contribution in [0.2, 0.25) is 0 Å². The summed E-state index contributed by atoms with van der Waals surface area (Å²) in [6.07, 6.45) is 8.77. The van der Waals surface area contributed by atoms with Crippen molar-refractivity contribution in [3.63, 3.8) is 0 Å². The summed E-state index contributed by atoms with van der Waals surface area (Å²) in [6, 6.07) is 4.35. The molecule has 3 rings (SSSR count). The van der Waals surface area contributed by atoms with E-state index in [1.54, 1.807) is 0 Å². The van der Waals surface area contributed by atoms with E-state index in [0.29, 0.717) is 12.0 Å². The van der Waals surface area contributed by atoms with Crippen molar-refractivity contribution in [3.05, 3.63) is 22.6 Å². The monoisotopic (exact) mass is 341 g/mol. The molecule has 0 aromatic carbocycles. The van der Waals surface area contributed by atoms with Gasteiger partial charge in [-0.2, -0.15) is 0 Å². The molecule has 0 radical (unpaired) electrons. The van der Waals surface area contributed by atoms with Gasteiger partial charge in [-0.05, 0) is 66.7 Å². The summed E-state index contributed by atoms with van der Waals surface area (Å²) in [6.45, 7) is 0.894. The molecular formula is C16H24BrNO2. The second-order valence-corrected chi connectivity index (χ2v) is 7.03. The molecule has 1 spiro atoms. The van der Waals surface area contributed by atoms with Crippen molar-refractivity contribution >= 4 is 15.9 Å². The summed E-state index contributed by atoms with van der Waals surface area (Å²) in [4.78, 5) is 0. The molecule has 3 nitrogen and oxygen atoms in total. The first kappa shape index (κ1) is 14.6. The minimum absolute atomic E-state index is 0.153. The Balaban J connectivity index is 1.74. The molecule has 1 aliphatic carbocycles. The van der Waals surface area contributed by atoms with Crippen molar-refractivity contribution in [1.82, 2.24) is 5.32 Å². The largest absolute Gasteiger partial charge is 0.453 e. The van der Waals surface area contributed by atoms with Crippen LogP contribution in [0, 0.1) is 5.92 Å². The molecule has 1 aromatic rings. The third kappa shape index (κ3) is 2.97. The van der Waals surface area contributed by atoms with Crippen LogP contribution in [0.3, 0.4) is 0 Å². The van der Waals surface area contributed by atoms with Crippen molar-refractivity contribution in [3.8, 4) is 0 Å². The van der Waals surface area contributed by atoms with Gasteiger partial charge in [0.1, 0.15) is 5.76 Å². The average molecular weight is 342 g/mol. The summed E-state index contributed by atoms with van der Waals surface area (Å²) < 4.78 is 12.8. The highest BCUT2D eigenvalue weighted by atomic mass is 79.9. The van der Waals surface area contributed by atoms with Gasteiger partial charge in [0.05, 0.1) is 11.6 Å². The van der Waals surface area contributed by atoms with Gasteiger partial charge in [0, 0.05) is 6.61 Å². The van der Waals surface area contributed by atoms with Crippen LogP contribution in [-0.2, 0) is 4.74 Å². The van der Waals surface area contributed by atoms with E-state index in [-0.39, 0.29) is 5.60 Å². The number of nitrogens with one attached hydrogen (secondary N) is 1. The molecule has 1 N–H and O–H groups in total. The van der Waals surface area contributed by atoms with Crippen LogP contribution in [0.25, 0.3) is 0 Å². The van der Waals surface area contributed by atoms with E-state index in [1.165, 1.54) is 32.1 Å². The molecule has 2 atom stereocenters. The molecular weight excluding hydrogens is 318 g/mol. The zero-order valence-corrected chi connectivity index (χ0v) is 13.7. The molecule has 0 amide bonds. The third-order valence-corrected chi connectivity index (χ3v) is 5.40. The first-order valence-corrected chi connectivity index (χ1v) is 8.58. The molecule has 2 unspecified atom stereocenters. The molecule has 1 aliphatic heterocycles. The van der Waals surface area contributed by atoms with Gasteiger partial charge >= 0.3 is 0 Å². The first-order valence-electron chi connectivity index (χ1n) is 7.79. The lowest BCUT2D eigenvalue weighted by Gasteiger charge is -2.45. The number of halogens is 1. The number of rotatable bonds is 3. The van der Waals surface area contributed by atoms with Crippen LogP contribution < -0.4 is 5.32 Å².